The van der Waals surface area contributed by atoms with Gasteiger partial charge in [-0.25, -0.2) is 12.7 Å². The van der Waals surface area contributed by atoms with Gasteiger partial charge in [-0.3, -0.25) is 14.5 Å². The Labute approximate surface area is 189 Å². The highest BCUT2D eigenvalue weighted by molar-refractivity contribution is 7.89. The van der Waals surface area contributed by atoms with Crippen LogP contribution >= 0.6 is 23.6 Å². The first-order valence-electron chi connectivity index (χ1n) is 9.37. The second-order valence-electron chi connectivity index (χ2n) is 6.75. The minimum atomic E-state index is -3.77. The molecular weight excluding hydrogens is 458 g/mol. The number of hydrogen-bond donors (Lipinski definition) is 2. The quantitative estimate of drug-likeness (QED) is 0.477. The van der Waals surface area contributed by atoms with Gasteiger partial charge in [0.25, 0.3) is 0 Å². The van der Waals surface area contributed by atoms with E-state index >= 15 is 0 Å². The third-order valence-electron chi connectivity index (χ3n) is 4.48. The number of aromatic amines is 1. The lowest BCUT2D eigenvalue weighted by Gasteiger charge is -2.18. The maximum absolute atomic E-state index is 13.0. The number of nitrogens with one attached hydrogen (secondary N) is 2. The van der Waals surface area contributed by atoms with E-state index in [-0.39, 0.29) is 16.6 Å². The Bertz CT molecular complexity index is 1230. The van der Waals surface area contributed by atoms with E-state index < -0.39 is 16.1 Å². The summed E-state index contributed by atoms with van der Waals surface area (Å²) >= 11 is 6.80. The van der Waals surface area contributed by atoms with Gasteiger partial charge in [-0.15, -0.1) is 11.3 Å². The van der Waals surface area contributed by atoms with Crippen LogP contribution in [0.25, 0.3) is 10.7 Å². The lowest BCUT2D eigenvalue weighted by Crippen LogP contribution is -2.25. The van der Waals surface area contributed by atoms with Crippen LogP contribution < -0.4 is 10.1 Å². The summed E-state index contributed by atoms with van der Waals surface area (Å²) < 4.78 is 33.9. The van der Waals surface area contributed by atoms with Crippen LogP contribution in [0.3, 0.4) is 0 Å². The number of aromatic nitrogens is 3. The largest absolute Gasteiger partial charge is 0.492 e. The fourth-order valence-electron chi connectivity index (χ4n) is 2.87. The molecule has 0 aliphatic heterocycles. The van der Waals surface area contributed by atoms with Crippen molar-refractivity contribution in [2.75, 3.05) is 26.0 Å². The molecule has 3 rings (SSSR count). The first kappa shape index (κ1) is 23.1. The first-order valence-corrected chi connectivity index (χ1v) is 12.1. The molecule has 0 radical (unpaired) electrons. The number of H-pyrrole nitrogens is 1. The normalized spacial score (nSPS) is 12.7. The number of thiophene rings is 1. The molecule has 12 heteroatoms. The predicted molar refractivity (Wildman–Crippen MR) is 123 cm³/mol. The zero-order valence-electron chi connectivity index (χ0n) is 17.4. The highest BCUT2D eigenvalue weighted by Crippen LogP contribution is 2.30. The molecular formula is C19H23N5O4S3. The number of rotatable bonds is 8. The van der Waals surface area contributed by atoms with Crippen molar-refractivity contribution >= 4 is 45.2 Å². The third kappa shape index (κ3) is 4.71. The van der Waals surface area contributed by atoms with Crippen LogP contribution in [0.5, 0.6) is 5.75 Å². The van der Waals surface area contributed by atoms with E-state index in [0.717, 1.165) is 9.18 Å². The van der Waals surface area contributed by atoms with Gasteiger partial charge >= 0.3 is 0 Å². The molecule has 0 fully saturated rings. The summed E-state index contributed by atoms with van der Waals surface area (Å²) in [5.41, 5.74) is 0.327. The summed E-state index contributed by atoms with van der Waals surface area (Å²) in [6.45, 7) is 3.77. The number of ether oxygens (including phenoxy) is 1. The molecule has 0 aliphatic carbocycles. The highest BCUT2D eigenvalue weighted by Gasteiger charge is 2.25. The summed E-state index contributed by atoms with van der Waals surface area (Å²) in [4.78, 5) is 13.8. The molecule has 2 aromatic heterocycles. The molecule has 0 aliphatic rings. The molecule has 9 nitrogen and oxygen atoms in total. The average Bonchev–Trinajstić information content (AvgIpc) is 3.38. The SMILES string of the molecule is CCOc1ccc(NC(=O)C(C)n2c(-c3cccs3)n[nH]c2=S)cc1S(=O)(=O)N(C)C. The molecule has 3 aromatic rings. The van der Waals surface area contributed by atoms with Crippen molar-refractivity contribution in [2.45, 2.75) is 24.8 Å². The fourth-order valence-corrected chi connectivity index (χ4v) is 4.92. The van der Waals surface area contributed by atoms with Crippen molar-refractivity contribution in [3.05, 3.63) is 40.5 Å². The molecule has 1 atom stereocenters. The molecule has 166 valence electrons. The Hall–Kier alpha value is -2.54. The summed E-state index contributed by atoms with van der Waals surface area (Å²) in [7, 11) is -0.902. The molecule has 0 spiro atoms. The van der Waals surface area contributed by atoms with Crippen molar-refractivity contribution in [3.63, 3.8) is 0 Å². The minimum Gasteiger partial charge on any atom is -0.492 e. The van der Waals surface area contributed by atoms with Gasteiger partial charge < -0.3 is 10.1 Å². The molecule has 1 aromatic carbocycles. The lowest BCUT2D eigenvalue weighted by atomic mass is 10.2. The third-order valence-corrected chi connectivity index (χ3v) is 7.47. The van der Waals surface area contributed by atoms with Crippen LogP contribution in [0.4, 0.5) is 5.69 Å². The van der Waals surface area contributed by atoms with Crippen LogP contribution in [0, 0.1) is 4.77 Å². The Morgan fingerprint density at radius 3 is 2.74 bits per heavy atom. The monoisotopic (exact) mass is 481 g/mol. The Morgan fingerprint density at radius 1 is 1.39 bits per heavy atom. The standard InChI is InChI=1S/C19H23N5O4S3/c1-5-28-14-9-8-13(11-16(14)31(26,27)23(3)4)20-18(25)12(2)24-17(21-22-19(24)29)15-7-6-10-30-15/h6-12H,5H2,1-4H3,(H,20,25)(H,22,29). The number of carbonyl (C=O) groups excluding carboxylic acids is 1. The van der Waals surface area contributed by atoms with Gasteiger partial charge in [0.05, 0.1) is 11.5 Å². The second kappa shape index (κ2) is 9.30. The number of sulfonamides is 1. The van der Waals surface area contributed by atoms with E-state index in [9.17, 15) is 13.2 Å². The molecule has 0 saturated heterocycles. The molecule has 0 saturated carbocycles. The molecule has 1 unspecified atom stereocenters. The van der Waals surface area contributed by atoms with Gasteiger partial charge in [-0.2, -0.15) is 5.10 Å². The highest BCUT2D eigenvalue weighted by atomic mass is 32.2. The zero-order valence-corrected chi connectivity index (χ0v) is 19.9. The Morgan fingerprint density at radius 2 is 2.13 bits per heavy atom. The smallest absolute Gasteiger partial charge is 0.247 e. The van der Waals surface area contributed by atoms with Gasteiger partial charge in [-0.1, -0.05) is 6.07 Å². The summed E-state index contributed by atoms with van der Waals surface area (Å²) in [6.07, 6.45) is 0. The fraction of sp³-hybridized carbons (Fsp3) is 0.316. The van der Waals surface area contributed by atoms with Crippen molar-refractivity contribution in [2.24, 2.45) is 0 Å². The lowest BCUT2D eigenvalue weighted by molar-refractivity contribution is -0.118. The number of benzene rings is 1. The average molecular weight is 482 g/mol. The van der Waals surface area contributed by atoms with E-state index in [1.54, 1.807) is 24.5 Å². The first-order chi connectivity index (χ1) is 14.7. The number of nitrogens with zero attached hydrogens (tertiary/aromatic N) is 3. The van der Waals surface area contributed by atoms with Gasteiger partial charge in [-0.05, 0) is 55.7 Å². The summed E-state index contributed by atoms with van der Waals surface area (Å²) in [5.74, 6) is 0.414. The van der Waals surface area contributed by atoms with E-state index in [1.165, 1.54) is 37.6 Å². The van der Waals surface area contributed by atoms with Crippen molar-refractivity contribution < 1.29 is 17.9 Å². The molecule has 0 bridgehead atoms. The molecule has 31 heavy (non-hydrogen) atoms. The molecule has 1 amide bonds. The van der Waals surface area contributed by atoms with Crippen LogP contribution in [0.2, 0.25) is 0 Å². The van der Waals surface area contributed by atoms with E-state index in [2.05, 4.69) is 15.5 Å². The minimum absolute atomic E-state index is 0.0241. The molecule has 2 N–H and O–H groups in total. The van der Waals surface area contributed by atoms with Gasteiger partial charge in [0.1, 0.15) is 16.7 Å². The number of hydrogen-bond acceptors (Lipinski definition) is 7. The van der Waals surface area contributed by atoms with Gasteiger partial charge in [0, 0.05) is 19.8 Å². The maximum Gasteiger partial charge on any atom is 0.247 e. The van der Waals surface area contributed by atoms with Crippen molar-refractivity contribution in [1.29, 1.82) is 0 Å². The van der Waals surface area contributed by atoms with Gasteiger partial charge in [0.2, 0.25) is 15.9 Å². The second-order valence-corrected chi connectivity index (χ2v) is 10.2. The Kier molecular flexibility index (Phi) is 6.94. The van der Waals surface area contributed by atoms with Crippen molar-refractivity contribution in [1.82, 2.24) is 19.1 Å². The van der Waals surface area contributed by atoms with Gasteiger partial charge in [0.15, 0.2) is 10.6 Å². The van der Waals surface area contributed by atoms with Crippen LogP contribution in [-0.2, 0) is 14.8 Å². The summed E-state index contributed by atoms with van der Waals surface area (Å²) in [6, 6.07) is 7.60. The number of carbonyl (C=O) groups is 1. The number of amides is 1. The van der Waals surface area contributed by atoms with E-state index in [1.807, 2.05) is 17.5 Å². The predicted octanol–water partition coefficient (Wildman–Crippen LogP) is 3.52. The summed E-state index contributed by atoms with van der Waals surface area (Å²) in [5, 5.41) is 11.6. The van der Waals surface area contributed by atoms with E-state index in [0.29, 0.717) is 22.9 Å². The molecule has 2 heterocycles. The van der Waals surface area contributed by atoms with Crippen molar-refractivity contribution in [3.8, 4) is 16.5 Å². The van der Waals surface area contributed by atoms with Crippen LogP contribution in [0.1, 0.15) is 19.9 Å². The van der Waals surface area contributed by atoms with Crippen LogP contribution in [0.15, 0.2) is 40.6 Å². The number of anilines is 1. The van der Waals surface area contributed by atoms with Crippen LogP contribution in [-0.4, -0.2) is 54.1 Å². The van der Waals surface area contributed by atoms with E-state index in [4.69, 9.17) is 17.0 Å². The Balaban J connectivity index is 1.93. The topological polar surface area (TPSA) is 109 Å². The zero-order chi connectivity index (χ0) is 22.8. The maximum atomic E-state index is 13.0.